The maximum absolute atomic E-state index is 5.53. The smallest absolute Gasteiger partial charge is 0.154 e. The molecule has 0 bridgehead atoms. The number of ether oxygens (including phenoxy) is 1. The number of rotatable bonds is 4. The molecule has 0 saturated carbocycles. The SMILES string of the molecule is CCOCC1CCN(c2nccn3nc(C)cc23)C1. The molecule has 1 unspecified atom stereocenters. The van der Waals surface area contributed by atoms with Crippen LogP contribution >= 0.6 is 0 Å². The first kappa shape index (κ1) is 12.4. The van der Waals surface area contributed by atoms with Gasteiger partial charge in [-0.1, -0.05) is 0 Å². The number of aromatic nitrogens is 3. The standard InChI is InChI=1S/C14H20N4O/c1-3-19-10-12-4-6-17(9-12)14-13-8-11(2)16-18(13)7-5-15-14/h5,7-8,12H,3-4,6,9-10H2,1-2H3. The summed E-state index contributed by atoms with van der Waals surface area (Å²) in [5, 5.41) is 4.44. The molecular formula is C14H20N4O. The number of hydrogen-bond donors (Lipinski definition) is 0. The van der Waals surface area contributed by atoms with Crippen LogP contribution in [0.5, 0.6) is 0 Å². The zero-order valence-electron chi connectivity index (χ0n) is 11.5. The Kier molecular flexibility index (Phi) is 3.38. The normalized spacial score (nSPS) is 19.5. The first-order chi connectivity index (χ1) is 9.28. The molecule has 102 valence electrons. The van der Waals surface area contributed by atoms with Crippen molar-refractivity contribution in [3.05, 3.63) is 24.2 Å². The lowest BCUT2D eigenvalue weighted by Gasteiger charge is -2.18. The van der Waals surface area contributed by atoms with Gasteiger partial charge in [-0.25, -0.2) is 9.50 Å². The number of nitrogens with zero attached hydrogens (tertiary/aromatic N) is 4. The van der Waals surface area contributed by atoms with Gasteiger partial charge in [-0.15, -0.1) is 0 Å². The van der Waals surface area contributed by atoms with Crippen molar-refractivity contribution in [2.24, 2.45) is 5.92 Å². The van der Waals surface area contributed by atoms with Crippen LogP contribution in [-0.2, 0) is 4.74 Å². The minimum atomic E-state index is 0.617. The van der Waals surface area contributed by atoms with E-state index in [2.05, 4.69) is 21.0 Å². The van der Waals surface area contributed by atoms with Gasteiger partial charge in [0.25, 0.3) is 0 Å². The van der Waals surface area contributed by atoms with Gasteiger partial charge in [-0.3, -0.25) is 0 Å². The molecule has 2 aromatic rings. The monoisotopic (exact) mass is 260 g/mol. The van der Waals surface area contributed by atoms with Gasteiger partial charge in [-0.05, 0) is 26.3 Å². The predicted octanol–water partition coefficient (Wildman–Crippen LogP) is 1.90. The molecule has 0 N–H and O–H groups in total. The van der Waals surface area contributed by atoms with E-state index in [1.165, 1.54) is 6.42 Å². The molecular weight excluding hydrogens is 240 g/mol. The van der Waals surface area contributed by atoms with Gasteiger partial charge in [0.1, 0.15) is 5.52 Å². The second kappa shape index (κ2) is 5.17. The van der Waals surface area contributed by atoms with E-state index >= 15 is 0 Å². The zero-order chi connectivity index (χ0) is 13.2. The second-order valence-corrected chi connectivity index (χ2v) is 5.13. The Hall–Kier alpha value is -1.62. The Morgan fingerprint density at radius 3 is 3.21 bits per heavy atom. The molecule has 1 saturated heterocycles. The van der Waals surface area contributed by atoms with Crippen molar-refractivity contribution >= 4 is 11.3 Å². The molecule has 5 heteroatoms. The summed E-state index contributed by atoms with van der Waals surface area (Å²) in [6.07, 6.45) is 4.90. The van der Waals surface area contributed by atoms with Crippen molar-refractivity contribution in [1.29, 1.82) is 0 Å². The topological polar surface area (TPSA) is 42.7 Å². The first-order valence-electron chi connectivity index (χ1n) is 6.91. The highest BCUT2D eigenvalue weighted by Crippen LogP contribution is 2.26. The van der Waals surface area contributed by atoms with Crippen molar-refractivity contribution in [3.63, 3.8) is 0 Å². The van der Waals surface area contributed by atoms with Crippen molar-refractivity contribution in [1.82, 2.24) is 14.6 Å². The lowest BCUT2D eigenvalue weighted by atomic mass is 10.1. The molecule has 1 fully saturated rings. The highest BCUT2D eigenvalue weighted by molar-refractivity contribution is 5.69. The van der Waals surface area contributed by atoms with Crippen LogP contribution in [-0.4, -0.2) is 40.9 Å². The molecule has 0 spiro atoms. The Morgan fingerprint density at radius 1 is 1.47 bits per heavy atom. The van der Waals surface area contributed by atoms with Crippen molar-refractivity contribution in [2.45, 2.75) is 20.3 Å². The molecule has 1 aliphatic rings. The Labute approximate surface area is 113 Å². The lowest BCUT2D eigenvalue weighted by Crippen LogP contribution is -2.22. The van der Waals surface area contributed by atoms with Crippen LogP contribution in [0.15, 0.2) is 18.5 Å². The average Bonchev–Trinajstić information content (AvgIpc) is 3.00. The van der Waals surface area contributed by atoms with E-state index in [0.717, 1.165) is 43.3 Å². The second-order valence-electron chi connectivity index (χ2n) is 5.13. The highest BCUT2D eigenvalue weighted by atomic mass is 16.5. The zero-order valence-corrected chi connectivity index (χ0v) is 11.5. The molecule has 2 aromatic heterocycles. The van der Waals surface area contributed by atoms with Crippen LogP contribution in [0, 0.1) is 12.8 Å². The molecule has 0 aliphatic carbocycles. The van der Waals surface area contributed by atoms with Gasteiger partial charge < -0.3 is 9.64 Å². The maximum Gasteiger partial charge on any atom is 0.154 e. The molecule has 3 rings (SSSR count). The van der Waals surface area contributed by atoms with Crippen molar-refractivity contribution < 1.29 is 4.74 Å². The maximum atomic E-state index is 5.53. The van der Waals surface area contributed by atoms with Gasteiger partial charge >= 0.3 is 0 Å². The first-order valence-corrected chi connectivity index (χ1v) is 6.91. The fraction of sp³-hybridized carbons (Fsp3) is 0.571. The van der Waals surface area contributed by atoms with E-state index < -0.39 is 0 Å². The van der Waals surface area contributed by atoms with Crippen molar-refractivity contribution in [2.75, 3.05) is 31.2 Å². The van der Waals surface area contributed by atoms with Gasteiger partial charge in [0.05, 0.1) is 12.3 Å². The van der Waals surface area contributed by atoms with Crippen LogP contribution in [0.25, 0.3) is 5.52 Å². The average molecular weight is 260 g/mol. The van der Waals surface area contributed by atoms with E-state index in [0.29, 0.717) is 5.92 Å². The molecule has 0 aromatic carbocycles. The minimum absolute atomic E-state index is 0.617. The summed E-state index contributed by atoms with van der Waals surface area (Å²) in [6, 6.07) is 2.10. The van der Waals surface area contributed by atoms with Crippen LogP contribution in [0.2, 0.25) is 0 Å². The largest absolute Gasteiger partial charge is 0.381 e. The summed E-state index contributed by atoms with van der Waals surface area (Å²) in [4.78, 5) is 6.89. The third-order valence-electron chi connectivity index (χ3n) is 3.63. The van der Waals surface area contributed by atoms with Gasteiger partial charge in [0.2, 0.25) is 0 Å². The Morgan fingerprint density at radius 2 is 2.37 bits per heavy atom. The summed E-state index contributed by atoms with van der Waals surface area (Å²) in [5.41, 5.74) is 2.12. The molecule has 0 radical (unpaired) electrons. The third-order valence-corrected chi connectivity index (χ3v) is 3.63. The molecule has 3 heterocycles. The van der Waals surface area contributed by atoms with Gasteiger partial charge in [0, 0.05) is 38.0 Å². The molecule has 1 aliphatic heterocycles. The fourth-order valence-corrected chi connectivity index (χ4v) is 2.72. The number of fused-ring (bicyclic) bond motifs is 1. The van der Waals surface area contributed by atoms with Crippen LogP contribution < -0.4 is 4.90 Å². The molecule has 5 nitrogen and oxygen atoms in total. The molecule has 19 heavy (non-hydrogen) atoms. The summed E-state index contributed by atoms with van der Waals surface area (Å²) in [5.74, 6) is 1.66. The number of hydrogen-bond acceptors (Lipinski definition) is 4. The van der Waals surface area contributed by atoms with Crippen LogP contribution in [0.1, 0.15) is 19.0 Å². The Bertz CT molecular complexity index is 566. The number of anilines is 1. The van der Waals surface area contributed by atoms with E-state index in [9.17, 15) is 0 Å². The van der Waals surface area contributed by atoms with Crippen LogP contribution in [0.4, 0.5) is 5.82 Å². The van der Waals surface area contributed by atoms with Crippen LogP contribution in [0.3, 0.4) is 0 Å². The summed E-state index contributed by atoms with van der Waals surface area (Å²) >= 11 is 0. The predicted molar refractivity (Wildman–Crippen MR) is 74.5 cm³/mol. The minimum Gasteiger partial charge on any atom is -0.381 e. The van der Waals surface area contributed by atoms with E-state index in [4.69, 9.17) is 4.74 Å². The highest BCUT2D eigenvalue weighted by Gasteiger charge is 2.25. The Balaban J connectivity index is 1.81. The van der Waals surface area contributed by atoms with E-state index in [1.807, 2.05) is 30.8 Å². The lowest BCUT2D eigenvalue weighted by molar-refractivity contribution is 0.117. The van der Waals surface area contributed by atoms with Gasteiger partial charge in [-0.2, -0.15) is 5.10 Å². The summed E-state index contributed by atoms with van der Waals surface area (Å²) < 4.78 is 7.44. The quantitative estimate of drug-likeness (QED) is 0.842. The number of aryl methyl sites for hydroxylation is 1. The summed E-state index contributed by atoms with van der Waals surface area (Å²) in [6.45, 7) is 7.79. The fourth-order valence-electron chi connectivity index (χ4n) is 2.72. The molecule has 0 amide bonds. The van der Waals surface area contributed by atoms with Crippen molar-refractivity contribution in [3.8, 4) is 0 Å². The van der Waals surface area contributed by atoms with E-state index in [1.54, 1.807) is 0 Å². The summed E-state index contributed by atoms with van der Waals surface area (Å²) in [7, 11) is 0. The van der Waals surface area contributed by atoms with Gasteiger partial charge in [0.15, 0.2) is 5.82 Å². The molecule has 1 atom stereocenters. The van der Waals surface area contributed by atoms with E-state index in [-0.39, 0.29) is 0 Å². The third kappa shape index (κ3) is 2.42.